The lowest BCUT2D eigenvalue weighted by atomic mass is 9.97. The second-order valence-electron chi connectivity index (χ2n) is 8.25. The lowest BCUT2D eigenvalue weighted by molar-refractivity contribution is -0.126. The van der Waals surface area contributed by atoms with Crippen LogP contribution in [0, 0.1) is 5.92 Å². The monoisotopic (exact) mass is 457 g/mol. The third-order valence-corrected chi connectivity index (χ3v) is 7.79. The molecule has 0 radical (unpaired) electrons. The fraction of sp³-hybridized carbons (Fsp3) is 0.391. The maximum atomic E-state index is 13.2. The molecule has 2 aromatic carbocycles. The standard InChI is InChI=1S/C23H27N3O5S/c1-16(17-6-3-2-4-7-17)13-24-23(28)18-8-5-11-26(14-18)32(29,30)19-9-10-21-20(12-19)25-22(27)15-31-21/h2-4,6-7,9-10,12,16,18H,5,8,11,13-15H2,1H3,(H,24,28)(H,25,27)/t16-,18-/m0/s1. The number of anilines is 1. The zero-order valence-corrected chi connectivity index (χ0v) is 18.7. The summed E-state index contributed by atoms with van der Waals surface area (Å²) in [4.78, 5) is 24.4. The van der Waals surface area contributed by atoms with Gasteiger partial charge in [-0.3, -0.25) is 9.59 Å². The first-order valence-corrected chi connectivity index (χ1v) is 12.2. The second-order valence-corrected chi connectivity index (χ2v) is 10.2. The van der Waals surface area contributed by atoms with Gasteiger partial charge in [-0.05, 0) is 42.5 Å². The molecule has 0 bridgehead atoms. The largest absolute Gasteiger partial charge is 0.482 e. The van der Waals surface area contributed by atoms with Gasteiger partial charge >= 0.3 is 0 Å². The topological polar surface area (TPSA) is 105 Å². The lowest BCUT2D eigenvalue weighted by Crippen LogP contribution is -2.45. The number of hydrogen-bond acceptors (Lipinski definition) is 5. The Morgan fingerprint density at radius 1 is 1.25 bits per heavy atom. The Labute approximate surface area is 188 Å². The van der Waals surface area contributed by atoms with Crippen LogP contribution in [0.25, 0.3) is 0 Å². The lowest BCUT2D eigenvalue weighted by Gasteiger charge is -2.31. The van der Waals surface area contributed by atoms with Gasteiger partial charge in [-0.25, -0.2) is 8.42 Å². The number of nitrogens with one attached hydrogen (secondary N) is 2. The third-order valence-electron chi connectivity index (χ3n) is 5.93. The molecule has 0 aliphatic carbocycles. The summed E-state index contributed by atoms with van der Waals surface area (Å²) in [6.45, 7) is 2.94. The van der Waals surface area contributed by atoms with E-state index in [2.05, 4.69) is 10.6 Å². The van der Waals surface area contributed by atoms with E-state index in [1.165, 1.54) is 16.4 Å². The van der Waals surface area contributed by atoms with Crippen molar-refractivity contribution < 1.29 is 22.7 Å². The minimum Gasteiger partial charge on any atom is -0.482 e. The molecule has 0 aromatic heterocycles. The summed E-state index contributed by atoms with van der Waals surface area (Å²) < 4.78 is 33.1. The summed E-state index contributed by atoms with van der Waals surface area (Å²) in [5, 5.41) is 5.62. The number of rotatable bonds is 6. The van der Waals surface area contributed by atoms with Crippen LogP contribution >= 0.6 is 0 Å². The molecule has 1 saturated heterocycles. The minimum absolute atomic E-state index is 0.0702. The van der Waals surface area contributed by atoms with Crippen molar-refractivity contribution in [2.75, 3.05) is 31.6 Å². The molecule has 2 heterocycles. The van der Waals surface area contributed by atoms with Gasteiger partial charge in [-0.15, -0.1) is 0 Å². The molecule has 2 atom stereocenters. The number of carbonyl (C=O) groups excluding carboxylic acids is 2. The van der Waals surface area contributed by atoms with Gasteiger partial charge in [0.15, 0.2) is 6.61 Å². The minimum atomic E-state index is -3.81. The van der Waals surface area contributed by atoms with Crippen LogP contribution in [-0.2, 0) is 19.6 Å². The second kappa shape index (κ2) is 9.30. The Morgan fingerprint density at radius 3 is 2.81 bits per heavy atom. The average Bonchev–Trinajstić information content (AvgIpc) is 2.82. The van der Waals surface area contributed by atoms with Crippen LogP contribution in [0.1, 0.15) is 31.2 Å². The van der Waals surface area contributed by atoms with Gasteiger partial charge in [-0.1, -0.05) is 37.3 Å². The molecule has 32 heavy (non-hydrogen) atoms. The number of sulfonamides is 1. The van der Waals surface area contributed by atoms with Gasteiger partial charge in [0.1, 0.15) is 5.75 Å². The van der Waals surface area contributed by atoms with Crippen molar-refractivity contribution >= 4 is 27.5 Å². The highest BCUT2D eigenvalue weighted by molar-refractivity contribution is 7.89. The van der Waals surface area contributed by atoms with E-state index in [0.717, 1.165) is 5.56 Å². The molecule has 1 fully saturated rings. The van der Waals surface area contributed by atoms with E-state index < -0.39 is 15.9 Å². The molecule has 0 spiro atoms. The van der Waals surface area contributed by atoms with Gasteiger partial charge < -0.3 is 15.4 Å². The van der Waals surface area contributed by atoms with Crippen LogP contribution in [0.3, 0.4) is 0 Å². The maximum Gasteiger partial charge on any atom is 0.262 e. The van der Waals surface area contributed by atoms with Crippen LogP contribution in [0.4, 0.5) is 5.69 Å². The molecular weight excluding hydrogens is 430 g/mol. The SMILES string of the molecule is C[C@@H](CNC(=O)[C@H]1CCCN(S(=O)(=O)c2ccc3c(c2)NC(=O)CO3)C1)c1ccccc1. The Kier molecular flexibility index (Phi) is 6.48. The fourth-order valence-corrected chi connectivity index (χ4v) is 5.59. The predicted octanol–water partition coefficient (Wildman–Crippen LogP) is 2.34. The number of carbonyl (C=O) groups is 2. The highest BCUT2D eigenvalue weighted by atomic mass is 32.2. The van der Waals surface area contributed by atoms with Crippen molar-refractivity contribution in [2.45, 2.75) is 30.6 Å². The first-order chi connectivity index (χ1) is 15.3. The molecule has 8 nitrogen and oxygen atoms in total. The van der Waals surface area contributed by atoms with Crippen molar-refractivity contribution in [2.24, 2.45) is 5.92 Å². The predicted molar refractivity (Wildman–Crippen MR) is 120 cm³/mol. The molecule has 4 rings (SSSR count). The van der Waals surface area contributed by atoms with Crippen molar-refractivity contribution in [1.82, 2.24) is 9.62 Å². The smallest absolute Gasteiger partial charge is 0.262 e. The fourth-order valence-electron chi connectivity index (χ4n) is 4.04. The molecule has 9 heteroatoms. The van der Waals surface area contributed by atoms with Gasteiger partial charge in [0.25, 0.3) is 5.91 Å². The summed E-state index contributed by atoms with van der Waals surface area (Å²) in [7, 11) is -3.81. The van der Waals surface area contributed by atoms with E-state index >= 15 is 0 Å². The Bertz CT molecular complexity index is 1100. The van der Waals surface area contributed by atoms with Gasteiger partial charge in [-0.2, -0.15) is 4.31 Å². The zero-order chi connectivity index (χ0) is 22.7. The Balaban J connectivity index is 1.41. The Hall–Kier alpha value is -2.91. The molecule has 2 amide bonds. The van der Waals surface area contributed by atoms with Gasteiger partial charge in [0.2, 0.25) is 15.9 Å². The first-order valence-electron chi connectivity index (χ1n) is 10.7. The van der Waals surface area contributed by atoms with E-state index in [1.807, 2.05) is 37.3 Å². The average molecular weight is 458 g/mol. The number of amides is 2. The van der Waals surface area contributed by atoms with Crippen LogP contribution in [0.5, 0.6) is 5.75 Å². The quantitative estimate of drug-likeness (QED) is 0.693. The molecule has 2 aromatic rings. The molecular formula is C23H27N3O5S. The molecule has 0 unspecified atom stereocenters. The number of hydrogen-bond donors (Lipinski definition) is 2. The van der Waals surface area contributed by atoms with Crippen molar-refractivity contribution in [3.8, 4) is 5.75 Å². The number of piperidine rings is 1. The van der Waals surface area contributed by atoms with Crippen molar-refractivity contribution in [1.29, 1.82) is 0 Å². The molecule has 2 aliphatic heterocycles. The zero-order valence-electron chi connectivity index (χ0n) is 17.9. The normalized spacial score (nSPS) is 19.9. The van der Waals surface area contributed by atoms with E-state index in [1.54, 1.807) is 6.07 Å². The van der Waals surface area contributed by atoms with E-state index in [4.69, 9.17) is 4.74 Å². The number of benzene rings is 2. The van der Waals surface area contributed by atoms with Gasteiger partial charge in [0.05, 0.1) is 16.5 Å². The number of fused-ring (bicyclic) bond motifs is 1. The van der Waals surface area contributed by atoms with Crippen LogP contribution in [-0.4, -0.2) is 50.8 Å². The molecule has 0 saturated carbocycles. The summed E-state index contributed by atoms with van der Waals surface area (Å²) in [6.07, 6.45) is 1.25. The highest BCUT2D eigenvalue weighted by Crippen LogP contribution is 2.32. The van der Waals surface area contributed by atoms with Crippen molar-refractivity contribution in [3.05, 3.63) is 54.1 Å². The molecule has 2 aliphatic rings. The van der Waals surface area contributed by atoms with E-state index in [0.29, 0.717) is 37.4 Å². The first kappa shape index (κ1) is 22.3. The van der Waals surface area contributed by atoms with Crippen LogP contribution in [0.15, 0.2) is 53.4 Å². The summed E-state index contributed by atoms with van der Waals surface area (Å²) in [5.41, 5.74) is 1.48. The highest BCUT2D eigenvalue weighted by Gasteiger charge is 2.34. The summed E-state index contributed by atoms with van der Waals surface area (Å²) >= 11 is 0. The van der Waals surface area contributed by atoms with Crippen LogP contribution < -0.4 is 15.4 Å². The number of ether oxygens (including phenoxy) is 1. The summed E-state index contributed by atoms with van der Waals surface area (Å²) in [5.74, 6) is -0.254. The van der Waals surface area contributed by atoms with Gasteiger partial charge in [0, 0.05) is 19.6 Å². The summed E-state index contributed by atoms with van der Waals surface area (Å²) in [6, 6.07) is 14.4. The van der Waals surface area contributed by atoms with Crippen molar-refractivity contribution in [3.63, 3.8) is 0 Å². The molecule has 2 N–H and O–H groups in total. The number of nitrogens with zero attached hydrogens (tertiary/aromatic N) is 1. The maximum absolute atomic E-state index is 13.2. The third kappa shape index (κ3) is 4.78. The Morgan fingerprint density at radius 2 is 2.03 bits per heavy atom. The van der Waals surface area contributed by atoms with Crippen LogP contribution in [0.2, 0.25) is 0 Å². The van der Waals surface area contributed by atoms with E-state index in [9.17, 15) is 18.0 Å². The van der Waals surface area contributed by atoms with E-state index in [-0.39, 0.29) is 35.8 Å². The molecule has 170 valence electrons.